The Morgan fingerprint density at radius 2 is 2.05 bits per heavy atom. The van der Waals surface area contributed by atoms with Crippen molar-refractivity contribution in [2.45, 2.75) is 18.2 Å². The average Bonchev–Trinajstić information content (AvgIpc) is 2.80. The number of nitrogens with two attached hydrogens (primary N) is 1. The topological polar surface area (TPSA) is 63.4 Å². The van der Waals surface area contributed by atoms with Crippen LogP contribution in [0.3, 0.4) is 0 Å². The first kappa shape index (κ1) is 18.9. The van der Waals surface area contributed by atoms with Crippen molar-refractivity contribution >= 4 is 45.6 Å². The smallest absolute Gasteiger partial charge is 0.244 e. The maximum Gasteiger partial charge on any atom is 0.244 e. The molecule has 0 bridgehead atoms. The van der Waals surface area contributed by atoms with Gasteiger partial charge in [-0.3, -0.25) is 0 Å². The van der Waals surface area contributed by atoms with Crippen molar-refractivity contribution in [3.8, 4) is 0 Å². The van der Waals surface area contributed by atoms with Gasteiger partial charge >= 0.3 is 0 Å². The zero-order valence-electron chi connectivity index (χ0n) is 11.3. The third-order valence-corrected chi connectivity index (χ3v) is 6.29. The van der Waals surface area contributed by atoms with E-state index in [0.717, 1.165) is 0 Å². The molecule has 21 heavy (non-hydrogen) atoms. The van der Waals surface area contributed by atoms with Crippen LogP contribution in [0.1, 0.15) is 13.3 Å². The fourth-order valence-corrected chi connectivity index (χ4v) is 4.51. The second-order valence-electron chi connectivity index (χ2n) is 5.28. The van der Waals surface area contributed by atoms with E-state index in [2.05, 4.69) is 0 Å². The molecular formula is C12H16Cl3FN2O2S. The van der Waals surface area contributed by atoms with Gasteiger partial charge in [-0.05, 0) is 30.5 Å². The highest BCUT2D eigenvalue weighted by molar-refractivity contribution is 7.89. The minimum Gasteiger partial charge on any atom is -0.330 e. The van der Waals surface area contributed by atoms with Crippen LogP contribution in [0.25, 0.3) is 0 Å². The Hall–Kier alpha value is -0.110. The third kappa shape index (κ3) is 3.46. The first-order valence-corrected chi connectivity index (χ1v) is 8.25. The lowest BCUT2D eigenvalue weighted by Gasteiger charge is -2.22. The predicted octanol–water partition coefficient (Wildman–Crippen LogP) is 2.91. The molecular weight excluding hydrogens is 362 g/mol. The predicted molar refractivity (Wildman–Crippen MR) is 84.2 cm³/mol. The number of hydrogen-bond donors (Lipinski definition) is 1. The SMILES string of the molecule is CC1(CN)CCN(S(=O)(=O)c2ccc(Cl)c(F)c2Cl)C1.Cl. The molecule has 1 aromatic carbocycles. The summed E-state index contributed by atoms with van der Waals surface area (Å²) in [7, 11) is -3.84. The Morgan fingerprint density at radius 3 is 2.57 bits per heavy atom. The van der Waals surface area contributed by atoms with Crippen molar-refractivity contribution in [2.75, 3.05) is 19.6 Å². The monoisotopic (exact) mass is 376 g/mol. The second-order valence-corrected chi connectivity index (χ2v) is 7.97. The zero-order chi connectivity index (χ0) is 15.1. The van der Waals surface area contributed by atoms with Gasteiger partial charge in [0.2, 0.25) is 10.0 Å². The molecule has 0 aromatic heterocycles. The number of benzene rings is 1. The van der Waals surface area contributed by atoms with Crippen molar-refractivity contribution in [2.24, 2.45) is 11.1 Å². The van der Waals surface area contributed by atoms with Gasteiger partial charge in [0, 0.05) is 13.1 Å². The average molecular weight is 378 g/mol. The van der Waals surface area contributed by atoms with Gasteiger partial charge in [-0.1, -0.05) is 30.1 Å². The molecule has 1 atom stereocenters. The first-order chi connectivity index (χ1) is 9.21. The molecule has 1 aliphatic rings. The molecule has 1 unspecified atom stereocenters. The van der Waals surface area contributed by atoms with E-state index in [1.807, 2.05) is 6.92 Å². The molecule has 0 amide bonds. The van der Waals surface area contributed by atoms with Gasteiger partial charge in [0.1, 0.15) is 4.90 Å². The third-order valence-electron chi connectivity index (χ3n) is 3.63. The van der Waals surface area contributed by atoms with Gasteiger partial charge < -0.3 is 5.73 Å². The fourth-order valence-electron chi connectivity index (χ4n) is 2.20. The Labute approximate surface area is 139 Å². The minimum absolute atomic E-state index is 0. The number of halogens is 4. The largest absolute Gasteiger partial charge is 0.330 e. The highest BCUT2D eigenvalue weighted by atomic mass is 35.5. The Kier molecular flexibility index (Phi) is 5.92. The molecule has 9 heteroatoms. The summed E-state index contributed by atoms with van der Waals surface area (Å²) in [5, 5.41) is -0.680. The summed E-state index contributed by atoms with van der Waals surface area (Å²) in [5.74, 6) is -0.921. The summed E-state index contributed by atoms with van der Waals surface area (Å²) < 4.78 is 40.0. The first-order valence-electron chi connectivity index (χ1n) is 6.05. The normalized spacial score (nSPS) is 23.1. The molecule has 1 aromatic rings. The highest BCUT2D eigenvalue weighted by Crippen LogP contribution is 2.36. The zero-order valence-corrected chi connectivity index (χ0v) is 14.4. The summed E-state index contributed by atoms with van der Waals surface area (Å²) in [6, 6.07) is 2.41. The van der Waals surface area contributed by atoms with Gasteiger partial charge in [-0.25, -0.2) is 12.8 Å². The Morgan fingerprint density at radius 1 is 1.43 bits per heavy atom. The van der Waals surface area contributed by atoms with Crippen LogP contribution in [-0.4, -0.2) is 32.4 Å². The Bertz CT molecular complexity index is 642. The number of rotatable bonds is 3. The molecule has 2 N–H and O–H groups in total. The molecule has 1 fully saturated rings. The minimum atomic E-state index is -3.84. The van der Waals surface area contributed by atoms with Crippen LogP contribution >= 0.6 is 35.6 Å². The maximum atomic E-state index is 13.7. The van der Waals surface area contributed by atoms with Gasteiger partial charge in [0.05, 0.1) is 10.0 Å². The summed E-state index contributed by atoms with van der Waals surface area (Å²) in [5.41, 5.74) is 5.40. The summed E-state index contributed by atoms with van der Waals surface area (Å²) in [4.78, 5) is -0.262. The number of hydrogen-bond acceptors (Lipinski definition) is 3. The van der Waals surface area contributed by atoms with E-state index in [9.17, 15) is 12.8 Å². The van der Waals surface area contributed by atoms with E-state index in [4.69, 9.17) is 28.9 Å². The van der Waals surface area contributed by atoms with Crippen LogP contribution < -0.4 is 5.73 Å². The lowest BCUT2D eigenvalue weighted by atomic mass is 9.90. The van der Waals surface area contributed by atoms with E-state index >= 15 is 0 Å². The van der Waals surface area contributed by atoms with E-state index < -0.39 is 20.9 Å². The molecule has 1 saturated heterocycles. The highest BCUT2D eigenvalue weighted by Gasteiger charge is 2.40. The summed E-state index contributed by atoms with van der Waals surface area (Å²) in [6.07, 6.45) is 0.663. The van der Waals surface area contributed by atoms with Crippen molar-refractivity contribution in [1.82, 2.24) is 4.31 Å². The van der Waals surface area contributed by atoms with E-state index in [0.29, 0.717) is 26.1 Å². The van der Waals surface area contributed by atoms with Crippen LogP contribution in [0.15, 0.2) is 17.0 Å². The molecule has 1 aliphatic heterocycles. The molecule has 120 valence electrons. The summed E-state index contributed by atoms with van der Waals surface area (Å²) in [6.45, 7) is 2.96. The standard InChI is InChI=1S/C12H15Cl2FN2O2S.ClH/c1-12(6-16)4-5-17(7-12)20(18,19)9-3-2-8(13)11(15)10(9)14;/h2-3H,4-7,16H2,1H3;1H. The molecule has 1 heterocycles. The van der Waals surface area contributed by atoms with E-state index in [-0.39, 0.29) is 27.7 Å². The number of sulfonamides is 1. The summed E-state index contributed by atoms with van der Waals surface area (Å²) >= 11 is 11.4. The molecule has 0 radical (unpaired) electrons. The quantitative estimate of drug-likeness (QED) is 0.824. The van der Waals surface area contributed by atoms with Crippen LogP contribution in [-0.2, 0) is 10.0 Å². The van der Waals surface area contributed by atoms with Gasteiger partial charge in [-0.2, -0.15) is 4.31 Å². The van der Waals surface area contributed by atoms with Crippen LogP contribution in [0, 0.1) is 11.2 Å². The van der Waals surface area contributed by atoms with Crippen LogP contribution in [0.2, 0.25) is 10.0 Å². The van der Waals surface area contributed by atoms with Crippen molar-refractivity contribution < 1.29 is 12.8 Å². The van der Waals surface area contributed by atoms with E-state index in [1.165, 1.54) is 16.4 Å². The lowest BCUT2D eigenvalue weighted by Crippen LogP contribution is -2.34. The van der Waals surface area contributed by atoms with Gasteiger partial charge in [-0.15, -0.1) is 12.4 Å². The number of nitrogens with zero attached hydrogens (tertiary/aromatic N) is 1. The Balaban J connectivity index is 0.00000220. The van der Waals surface area contributed by atoms with Crippen molar-refractivity contribution in [1.29, 1.82) is 0 Å². The van der Waals surface area contributed by atoms with Crippen LogP contribution in [0.4, 0.5) is 4.39 Å². The molecule has 0 saturated carbocycles. The molecule has 0 spiro atoms. The molecule has 4 nitrogen and oxygen atoms in total. The molecule has 2 rings (SSSR count). The van der Waals surface area contributed by atoms with Crippen molar-refractivity contribution in [3.05, 3.63) is 28.0 Å². The van der Waals surface area contributed by atoms with Crippen LogP contribution in [0.5, 0.6) is 0 Å². The molecule has 0 aliphatic carbocycles. The second kappa shape index (κ2) is 6.56. The lowest BCUT2D eigenvalue weighted by molar-refractivity contribution is 0.349. The van der Waals surface area contributed by atoms with Gasteiger partial charge in [0.15, 0.2) is 5.82 Å². The maximum absolute atomic E-state index is 13.7. The fraction of sp³-hybridized carbons (Fsp3) is 0.500. The van der Waals surface area contributed by atoms with E-state index in [1.54, 1.807) is 0 Å². The van der Waals surface area contributed by atoms with Gasteiger partial charge in [0.25, 0.3) is 0 Å². The van der Waals surface area contributed by atoms with Crippen molar-refractivity contribution in [3.63, 3.8) is 0 Å².